The Morgan fingerprint density at radius 3 is 2.64 bits per heavy atom. The van der Waals surface area contributed by atoms with E-state index in [0.29, 0.717) is 11.3 Å². The van der Waals surface area contributed by atoms with Crippen molar-refractivity contribution in [2.24, 2.45) is 0 Å². The van der Waals surface area contributed by atoms with Gasteiger partial charge < -0.3 is 10.6 Å². The second-order valence-corrected chi connectivity index (χ2v) is 7.63. The predicted molar refractivity (Wildman–Crippen MR) is 102 cm³/mol. The summed E-state index contributed by atoms with van der Waals surface area (Å²) in [7, 11) is 0. The third-order valence-electron chi connectivity index (χ3n) is 4.41. The maximum atomic E-state index is 12.6. The van der Waals surface area contributed by atoms with E-state index < -0.39 is 0 Å². The van der Waals surface area contributed by atoms with Crippen LogP contribution in [0.15, 0.2) is 47.4 Å². The third kappa shape index (κ3) is 3.87. The topological polar surface area (TPSA) is 58.2 Å². The number of thioether (sulfide) groups is 1. The van der Waals surface area contributed by atoms with Crippen molar-refractivity contribution in [1.29, 1.82) is 0 Å². The van der Waals surface area contributed by atoms with Gasteiger partial charge in [-0.3, -0.25) is 9.59 Å². The number of hydrogen-bond donors (Lipinski definition) is 2. The number of carbonyl (C=O) groups excluding carboxylic acids is 2. The first-order valence-corrected chi connectivity index (χ1v) is 9.37. The molecule has 0 aromatic heterocycles. The van der Waals surface area contributed by atoms with E-state index in [1.165, 1.54) is 17.3 Å². The average Bonchev–Trinajstić information content (AvgIpc) is 2.62. The van der Waals surface area contributed by atoms with Gasteiger partial charge in [0.15, 0.2) is 0 Å². The molecule has 0 bridgehead atoms. The highest BCUT2D eigenvalue weighted by molar-refractivity contribution is 8.00. The Balaban J connectivity index is 1.72. The van der Waals surface area contributed by atoms with Crippen molar-refractivity contribution in [2.45, 2.75) is 43.4 Å². The fourth-order valence-corrected chi connectivity index (χ4v) is 3.69. The third-order valence-corrected chi connectivity index (χ3v) is 5.59. The Hall–Kier alpha value is -2.27. The van der Waals surface area contributed by atoms with Crippen molar-refractivity contribution in [3.05, 3.63) is 59.2 Å². The van der Waals surface area contributed by atoms with Crippen molar-refractivity contribution in [3.63, 3.8) is 0 Å². The summed E-state index contributed by atoms with van der Waals surface area (Å²) in [6.45, 7) is 5.96. The zero-order chi connectivity index (χ0) is 18.0. The van der Waals surface area contributed by atoms with Crippen molar-refractivity contribution >= 4 is 29.3 Å². The monoisotopic (exact) mass is 354 g/mol. The molecule has 0 fully saturated rings. The molecule has 0 unspecified atom stereocenters. The van der Waals surface area contributed by atoms with Crippen molar-refractivity contribution < 1.29 is 9.59 Å². The van der Waals surface area contributed by atoms with Crippen LogP contribution >= 0.6 is 11.8 Å². The van der Waals surface area contributed by atoms with Crippen LogP contribution < -0.4 is 10.6 Å². The van der Waals surface area contributed by atoms with E-state index in [1.807, 2.05) is 19.9 Å². The molecule has 2 amide bonds. The number of hydrogen-bond acceptors (Lipinski definition) is 3. The molecule has 0 spiro atoms. The number of amides is 2. The highest BCUT2D eigenvalue weighted by atomic mass is 32.2. The second kappa shape index (κ2) is 7.31. The van der Waals surface area contributed by atoms with Gasteiger partial charge in [-0.15, -0.1) is 11.8 Å². The van der Waals surface area contributed by atoms with Crippen LogP contribution in [-0.4, -0.2) is 17.1 Å². The summed E-state index contributed by atoms with van der Waals surface area (Å²) in [5.41, 5.74) is 3.60. The Bertz CT molecular complexity index is 802. The first kappa shape index (κ1) is 17.5. The van der Waals surface area contributed by atoms with E-state index in [1.54, 1.807) is 12.1 Å². The van der Waals surface area contributed by atoms with Crippen molar-refractivity contribution in [2.75, 3.05) is 5.32 Å². The molecule has 0 saturated carbocycles. The molecule has 2 aromatic carbocycles. The van der Waals surface area contributed by atoms with Crippen LogP contribution in [0.25, 0.3) is 0 Å². The first-order valence-electron chi connectivity index (χ1n) is 8.49. The fraction of sp³-hybridized carbons (Fsp3) is 0.300. The van der Waals surface area contributed by atoms with Gasteiger partial charge in [-0.05, 0) is 49.6 Å². The number of fused-ring (bicyclic) bond motifs is 1. The van der Waals surface area contributed by atoms with Gasteiger partial charge in [0, 0.05) is 10.5 Å². The van der Waals surface area contributed by atoms with Crippen LogP contribution in [0.1, 0.15) is 48.3 Å². The molecule has 1 aliphatic heterocycles. The summed E-state index contributed by atoms with van der Waals surface area (Å²) in [6, 6.07) is 13.6. The number of aryl methyl sites for hydroxylation is 1. The molecular formula is C20H22N2O2S. The minimum atomic E-state index is -0.146. The molecule has 1 aliphatic rings. The molecule has 2 N–H and O–H groups in total. The average molecular weight is 354 g/mol. The highest BCUT2D eigenvalue weighted by Gasteiger charge is 2.24. The van der Waals surface area contributed by atoms with E-state index in [2.05, 4.69) is 41.8 Å². The molecule has 0 aliphatic carbocycles. The summed E-state index contributed by atoms with van der Waals surface area (Å²) in [4.78, 5) is 25.4. The van der Waals surface area contributed by atoms with Gasteiger partial charge in [-0.25, -0.2) is 0 Å². The smallest absolute Gasteiger partial charge is 0.251 e. The number of anilines is 1. The zero-order valence-corrected chi connectivity index (χ0v) is 15.4. The Morgan fingerprint density at radius 2 is 1.96 bits per heavy atom. The Morgan fingerprint density at radius 1 is 1.24 bits per heavy atom. The highest BCUT2D eigenvalue weighted by Crippen LogP contribution is 2.36. The van der Waals surface area contributed by atoms with Crippen LogP contribution in [0.5, 0.6) is 0 Å². The van der Waals surface area contributed by atoms with Gasteiger partial charge in [-0.2, -0.15) is 0 Å². The van der Waals surface area contributed by atoms with Crippen LogP contribution in [0.4, 0.5) is 5.69 Å². The number of rotatable bonds is 4. The largest absolute Gasteiger partial charge is 0.346 e. The van der Waals surface area contributed by atoms with Gasteiger partial charge in [-0.1, -0.05) is 31.2 Å². The van der Waals surface area contributed by atoms with Gasteiger partial charge in [0.2, 0.25) is 5.91 Å². The minimum absolute atomic E-state index is 0.0283. The molecule has 3 rings (SSSR count). The summed E-state index contributed by atoms with van der Waals surface area (Å²) in [5.74, 6) is -0.174. The minimum Gasteiger partial charge on any atom is -0.346 e. The molecule has 130 valence electrons. The summed E-state index contributed by atoms with van der Waals surface area (Å²) < 4.78 is 0. The van der Waals surface area contributed by atoms with E-state index in [0.717, 1.165) is 16.9 Å². The summed E-state index contributed by atoms with van der Waals surface area (Å²) >= 11 is 1.51. The van der Waals surface area contributed by atoms with Gasteiger partial charge in [0.1, 0.15) is 0 Å². The first-order chi connectivity index (χ1) is 12.0. The van der Waals surface area contributed by atoms with Gasteiger partial charge >= 0.3 is 0 Å². The van der Waals surface area contributed by atoms with Crippen LogP contribution in [-0.2, 0) is 11.2 Å². The van der Waals surface area contributed by atoms with Gasteiger partial charge in [0.05, 0.1) is 17.0 Å². The standard InChI is InChI=1S/C20H22N2O2S/c1-4-14-5-7-15(8-6-14)12(2)21-20(24)16-9-10-18-17(11-16)22-19(23)13(3)25-18/h5-13H,4H2,1-3H3,(H,21,24)(H,22,23)/t12-,13+/m1/s1. The Labute approximate surface area is 152 Å². The van der Waals surface area contributed by atoms with E-state index in [4.69, 9.17) is 0 Å². The van der Waals surface area contributed by atoms with E-state index in [9.17, 15) is 9.59 Å². The van der Waals surface area contributed by atoms with Crippen molar-refractivity contribution in [1.82, 2.24) is 5.32 Å². The molecule has 0 radical (unpaired) electrons. The lowest BCUT2D eigenvalue weighted by Crippen LogP contribution is -2.28. The molecule has 4 nitrogen and oxygen atoms in total. The number of benzene rings is 2. The number of carbonyl (C=O) groups is 2. The van der Waals surface area contributed by atoms with E-state index in [-0.39, 0.29) is 23.1 Å². The predicted octanol–water partition coefficient (Wildman–Crippen LogP) is 4.17. The maximum Gasteiger partial charge on any atom is 0.251 e. The molecule has 5 heteroatoms. The van der Waals surface area contributed by atoms with Crippen LogP contribution in [0.3, 0.4) is 0 Å². The number of nitrogens with one attached hydrogen (secondary N) is 2. The van der Waals surface area contributed by atoms with Crippen molar-refractivity contribution in [3.8, 4) is 0 Å². The second-order valence-electron chi connectivity index (χ2n) is 6.25. The zero-order valence-electron chi connectivity index (χ0n) is 14.6. The lowest BCUT2D eigenvalue weighted by atomic mass is 10.0. The quantitative estimate of drug-likeness (QED) is 0.866. The SMILES string of the molecule is CCc1ccc([C@@H](C)NC(=O)c2ccc3c(c2)NC(=O)[C@H](C)S3)cc1. The normalized spacial score (nSPS) is 17.4. The maximum absolute atomic E-state index is 12.6. The molecule has 2 atom stereocenters. The molecule has 0 saturated heterocycles. The summed E-state index contributed by atoms with van der Waals surface area (Å²) in [5, 5.41) is 5.77. The van der Waals surface area contributed by atoms with Crippen LogP contribution in [0, 0.1) is 0 Å². The fourth-order valence-electron chi connectivity index (χ4n) is 2.76. The Kier molecular flexibility index (Phi) is 5.13. The molecule has 25 heavy (non-hydrogen) atoms. The van der Waals surface area contributed by atoms with Crippen LogP contribution in [0.2, 0.25) is 0 Å². The lowest BCUT2D eigenvalue weighted by Gasteiger charge is -2.22. The molecule has 2 aromatic rings. The molecular weight excluding hydrogens is 332 g/mol. The summed E-state index contributed by atoms with van der Waals surface area (Å²) in [6.07, 6.45) is 0.999. The molecule has 1 heterocycles. The lowest BCUT2D eigenvalue weighted by molar-refractivity contribution is -0.115. The van der Waals surface area contributed by atoms with Gasteiger partial charge in [0.25, 0.3) is 5.91 Å². The van der Waals surface area contributed by atoms with E-state index >= 15 is 0 Å².